The highest BCUT2D eigenvalue weighted by Crippen LogP contribution is 2.19. The first-order valence-electron chi connectivity index (χ1n) is 7.11. The molecule has 22 heavy (non-hydrogen) atoms. The van der Waals surface area contributed by atoms with Crippen LogP contribution in [-0.2, 0) is 9.47 Å². The van der Waals surface area contributed by atoms with Crippen LogP contribution in [0.1, 0.15) is 36.7 Å². The van der Waals surface area contributed by atoms with Gasteiger partial charge in [0.1, 0.15) is 5.60 Å². The van der Waals surface area contributed by atoms with Gasteiger partial charge in [0.15, 0.2) is 0 Å². The average Bonchev–Trinajstić information content (AvgIpc) is 2.38. The molecule has 0 aliphatic heterocycles. The van der Waals surface area contributed by atoms with Gasteiger partial charge in [-0.25, -0.2) is 4.79 Å². The summed E-state index contributed by atoms with van der Waals surface area (Å²) < 4.78 is 10.1. The van der Waals surface area contributed by atoms with E-state index in [2.05, 4.69) is 10.6 Å². The second kappa shape index (κ2) is 7.79. The summed E-state index contributed by atoms with van der Waals surface area (Å²) in [5, 5.41) is 5.35. The first-order chi connectivity index (χ1) is 10.2. The lowest BCUT2D eigenvalue weighted by molar-refractivity contribution is 0.0636. The molecule has 2 amide bonds. The summed E-state index contributed by atoms with van der Waals surface area (Å²) in [7, 11) is 1.56. The standard InChI is InChI=1S/C16H24N2O4/c1-11-6-7-13(18-15(20)22-16(2,3)4)12(10-11)14(19)17-8-9-21-5/h6-7,10H,8-9H2,1-5H3,(H,17,19)(H,18,20). The number of rotatable bonds is 5. The quantitative estimate of drug-likeness (QED) is 0.820. The molecule has 6 heteroatoms. The third kappa shape index (κ3) is 6.13. The summed E-state index contributed by atoms with van der Waals surface area (Å²) in [5.41, 5.74) is 1.12. The van der Waals surface area contributed by atoms with Gasteiger partial charge in [-0.05, 0) is 39.8 Å². The minimum absolute atomic E-state index is 0.271. The fourth-order valence-corrected chi connectivity index (χ4v) is 1.73. The minimum Gasteiger partial charge on any atom is -0.444 e. The molecule has 1 rings (SSSR count). The van der Waals surface area contributed by atoms with Gasteiger partial charge >= 0.3 is 6.09 Å². The largest absolute Gasteiger partial charge is 0.444 e. The van der Waals surface area contributed by atoms with E-state index in [1.54, 1.807) is 40.0 Å². The molecule has 0 aliphatic rings. The number of carbonyl (C=O) groups excluding carboxylic acids is 2. The number of carbonyl (C=O) groups is 2. The summed E-state index contributed by atoms with van der Waals surface area (Å²) in [5.74, 6) is -0.271. The van der Waals surface area contributed by atoms with Crippen molar-refractivity contribution in [3.8, 4) is 0 Å². The lowest BCUT2D eigenvalue weighted by atomic mass is 10.1. The van der Waals surface area contributed by atoms with E-state index in [-0.39, 0.29) is 5.91 Å². The molecule has 122 valence electrons. The average molecular weight is 308 g/mol. The van der Waals surface area contributed by atoms with Crippen molar-refractivity contribution in [3.05, 3.63) is 29.3 Å². The topological polar surface area (TPSA) is 76.7 Å². The Hall–Kier alpha value is -2.08. The number of nitrogens with one attached hydrogen (secondary N) is 2. The first kappa shape index (κ1) is 18.0. The molecule has 0 saturated heterocycles. The Morgan fingerprint density at radius 1 is 1.23 bits per heavy atom. The number of anilines is 1. The van der Waals surface area contributed by atoms with Crippen LogP contribution in [0.2, 0.25) is 0 Å². The van der Waals surface area contributed by atoms with E-state index >= 15 is 0 Å². The van der Waals surface area contributed by atoms with Gasteiger partial charge in [-0.1, -0.05) is 11.6 Å². The van der Waals surface area contributed by atoms with E-state index in [4.69, 9.17) is 9.47 Å². The Labute approximate surface area is 131 Å². The summed E-state index contributed by atoms with van der Waals surface area (Å²) in [6.45, 7) is 8.03. The zero-order chi connectivity index (χ0) is 16.8. The lowest BCUT2D eigenvalue weighted by Gasteiger charge is -2.20. The van der Waals surface area contributed by atoms with E-state index in [9.17, 15) is 9.59 Å². The van der Waals surface area contributed by atoms with E-state index in [0.29, 0.717) is 24.4 Å². The van der Waals surface area contributed by atoms with E-state index in [1.165, 1.54) is 0 Å². The van der Waals surface area contributed by atoms with Crippen molar-refractivity contribution in [2.45, 2.75) is 33.3 Å². The zero-order valence-electron chi connectivity index (χ0n) is 13.8. The van der Waals surface area contributed by atoms with Gasteiger partial charge in [0.05, 0.1) is 17.9 Å². The van der Waals surface area contributed by atoms with Crippen LogP contribution in [0.4, 0.5) is 10.5 Å². The zero-order valence-corrected chi connectivity index (χ0v) is 13.8. The molecule has 0 aromatic heterocycles. The molecule has 0 bridgehead atoms. The molecule has 0 atom stereocenters. The van der Waals surface area contributed by atoms with Crippen molar-refractivity contribution in [2.75, 3.05) is 25.6 Å². The first-order valence-corrected chi connectivity index (χ1v) is 7.11. The number of ether oxygens (including phenoxy) is 2. The molecular weight excluding hydrogens is 284 g/mol. The molecule has 0 spiro atoms. The highest BCUT2D eigenvalue weighted by molar-refractivity contribution is 6.02. The molecule has 0 unspecified atom stereocenters. The normalized spacial score (nSPS) is 11.0. The molecular formula is C16H24N2O4. The SMILES string of the molecule is COCCNC(=O)c1cc(C)ccc1NC(=O)OC(C)(C)C. The predicted molar refractivity (Wildman–Crippen MR) is 85.2 cm³/mol. The Morgan fingerprint density at radius 2 is 1.91 bits per heavy atom. The van der Waals surface area contributed by atoms with Gasteiger partial charge in [0.2, 0.25) is 0 Å². The van der Waals surface area contributed by atoms with E-state index in [0.717, 1.165) is 5.56 Å². The van der Waals surface area contributed by atoms with Gasteiger partial charge in [0, 0.05) is 13.7 Å². The number of methoxy groups -OCH3 is 1. The van der Waals surface area contributed by atoms with Gasteiger partial charge in [-0.15, -0.1) is 0 Å². The predicted octanol–water partition coefficient (Wildman–Crippen LogP) is 2.72. The van der Waals surface area contributed by atoms with Crippen LogP contribution >= 0.6 is 0 Å². The van der Waals surface area contributed by atoms with Crippen molar-refractivity contribution in [2.24, 2.45) is 0 Å². The van der Waals surface area contributed by atoms with Crippen molar-refractivity contribution >= 4 is 17.7 Å². The third-order valence-corrected chi connectivity index (χ3v) is 2.65. The van der Waals surface area contributed by atoms with Crippen LogP contribution in [0.3, 0.4) is 0 Å². The summed E-state index contributed by atoms with van der Waals surface area (Å²) in [6.07, 6.45) is -0.595. The van der Waals surface area contributed by atoms with E-state index < -0.39 is 11.7 Å². The van der Waals surface area contributed by atoms with Crippen LogP contribution in [0.25, 0.3) is 0 Å². The molecule has 0 saturated carbocycles. The maximum atomic E-state index is 12.2. The molecule has 0 aliphatic carbocycles. The Balaban J connectivity index is 2.86. The van der Waals surface area contributed by atoms with Gasteiger partial charge in [0.25, 0.3) is 5.91 Å². The maximum absolute atomic E-state index is 12.2. The molecule has 0 radical (unpaired) electrons. The molecule has 0 heterocycles. The fourth-order valence-electron chi connectivity index (χ4n) is 1.73. The summed E-state index contributed by atoms with van der Waals surface area (Å²) >= 11 is 0. The fraction of sp³-hybridized carbons (Fsp3) is 0.500. The van der Waals surface area contributed by atoms with Gasteiger partial charge < -0.3 is 14.8 Å². The maximum Gasteiger partial charge on any atom is 0.412 e. The van der Waals surface area contributed by atoms with Crippen molar-refractivity contribution in [1.82, 2.24) is 5.32 Å². The number of aryl methyl sites for hydroxylation is 1. The highest BCUT2D eigenvalue weighted by Gasteiger charge is 2.19. The third-order valence-electron chi connectivity index (χ3n) is 2.65. The van der Waals surface area contributed by atoms with E-state index in [1.807, 2.05) is 13.0 Å². The van der Waals surface area contributed by atoms with Crippen molar-refractivity contribution < 1.29 is 19.1 Å². The summed E-state index contributed by atoms with van der Waals surface area (Å²) in [4.78, 5) is 24.1. The Morgan fingerprint density at radius 3 is 2.50 bits per heavy atom. The lowest BCUT2D eigenvalue weighted by Crippen LogP contribution is -2.30. The highest BCUT2D eigenvalue weighted by atomic mass is 16.6. The van der Waals surface area contributed by atoms with Crippen LogP contribution in [0, 0.1) is 6.92 Å². The van der Waals surface area contributed by atoms with Crippen LogP contribution < -0.4 is 10.6 Å². The Bertz CT molecular complexity index is 535. The van der Waals surface area contributed by atoms with Crippen molar-refractivity contribution in [1.29, 1.82) is 0 Å². The monoisotopic (exact) mass is 308 g/mol. The molecule has 2 N–H and O–H groups in total. The molecule has 0 fully saturated rings. The van der Waals surface area contributed by atoms with Crippen LogP contribution in [-0.4, -0.2) is 37.9 Å². The summed E-state index contributed by atoms with van der Waals surface area (Å²) in [6, 6.07) is 5.22. The number of benzene rings is 1. The van der Waals surface area contributed by atoms with Crippen LogP contribution in [0.5, 0.6) is 0 Å². The molecule has 1 aromatic rings. The second-order valence-corrected chi connectivity index (χ2v) is 5.92. The van der Waals surface area contributed by atoms with Crippen molar-refractivity contribution in [3.63, 3.8) is 0 Å². The molecule has 6 nitrogen and oxygen atoms in total. The second-order valence-electron chi connectivity index (χ2n) is 5.92. The smallest absolute Gasteiger partial charge is 0.412 e. The minimum atomic E-state index is -0.602. The number of hydrogen-bond donors (Lipinski definition) is 2. The number of amides is 2. The Kier molecular flexibility index (Phi) is 6.37. The van der Waals surface area contributed by atoms with Crippen LogP contribution in [0.15, 0.2) is 18.2 Å². The van der Waals surface area contributed by atoms with Gasteiger partial charge in [-0.2, -0.15) is 0 Å². The number of hydrogen-bond acceptors (Lipinski definition) is 4. The van der Waals surface area contributed by atoms with Gasteiger partial charge in [-0.3, -0.25) is 10.1 Å². The molecule has 1 aromatic carbocycles.